The van der Waals surface area contributed by atoms with Gasteiger partial charge in [0, 0.05) is 20.5 Å². The molecular formula is C12H22N2O2. The van der Waals surface area contributed by atoms with Crippen LogP contribution in [0.5, 0.6) is 0 Å². The van der Waals surface area contributed by atoms with E-state index in [0.29, 0.717) is 6.42 Å². The summed E-state index contributed by atoms with van der Waals surface area (Å²) in [6.07, 6.45) is 5.29. The third-order valence-electron chi connectivity index (χ3n) is 3.31. The van der Waals surface area contributed by atoms with Crippen LogP contribution in [0.15, 0.2) is 0 Å². The van der Waals surface area contributed by atoms with Gasteiger partial charge in [-0.3, -0.25) is 4.79 Å². The van der Waals surface area contributed by atoms with Crippen LogP contribution in [0, 0.1) is 0 Å². The lowest BCUT2D eigenvalue weighted by molar-refractivity contribution is -0.126. The van der Waals surface area contributed by atoms with Crippen molar-refractivity contribution >= 4 is 11.8 Å². The largest absolute Gasteiger partial charge is 0.331 e. The van der Waals surface area contributed by atoms with E-state index in [1.54, 1.807) is 14.1 Å². The average Bonchev–Trinajstić information content (AvgIpc) is 2.29. The molecular weight excluding hydrogens is 204 g/mol. The number of urea groups is 1. The Morgan fingerprint density at radius 3 is 2.19 bits per heavy atom. The van der Waals surface area contributed by atoms with Crippen LogP contribution in [0.25, 0.3) is 0 Å². The Morgan fingerprint density at radius 2 is 1.75 bits per heavy atom. The molecule has 92 valence electrons. The summed E-state index contributed by atoms with van der Waals surface area (Å²) >= 11 is 0. The van der Waals surface area contributed by atoms with E-state index in [1.165, 1.54) is 4.90 Å². The minimum absolute atomic E-state index is 0.163. The fraction of sp³-hybridized carbons (Fsp3) is 0.833. The molecule has 0 aromatic heterocycles. The maximum atomic E-state index is 12.0. The summed E-state index contributed by atoms with van der Waals surface area (Å²) in [5.74, 6) is 0.169. The Kier molecular flexibility index (Phi) is 4.33. The number of ketones is 1. The number of nitrogens with zero attached hydrogens (tertiary/aromatic N) is 1. The lowest BCUT2D eigenvalue weighted by Crippen LogP contribution is -2.57. The molecule has 0 aliphatic heterocycles. The van der Waals surface area contributed by atoms with E-state index in [0.717, 1.165) is 32.1 Å². The van der Waals surface area contributed by atoms with Gasteiger partial charge in [-0.25, -0.2) is 4.79 Å². The van der Waals surface area contributed by atoms with Crippen molar-refractivity contribution in [2.45, 2.75) is 51.0 Å². The first kappa shape index (κ1) is 13.0. The molecule has 0 heterocycles. The number of hydrogen-bond acceptors (Lipinski definition) is 2. The summed E-state index contributed by atoms with van der Waals surface area (Å²) < 4.78 is 0. The smallest absolute Gasteiger partial charge is 0.317 e. The molecule has 0 aromatic carbocycles. The SMILES string of the molecule is CCC(=O)C1(NC(=O)N(C)C)CCCCC1. The van der Waals surface area contributed by atoms with Crippen molar-refractivity contribution in [3.05, 3.63) is 0 Å². The van der Waals surface area contributed by atoms with Crippen molar-refractivity contribution in [1.82, 2.24) is 10.2 Å². The van der Waals surface area contributed by atoms with Crippen LogP contribution in [-0.4, -0.2) is 36.3 Å². The molecule has 16 heavy (non-hydrogen) atoms. The Hall–Kier alpha value is -1.06. The summed E-state index contributed by atoms with van der Waals surface area (Å²) in [5, 5.41) is 2.92. The van der Waals surface area contributed by atoms with Gasteiger partial charge in [0.1, 0.15) is 5.54 Å². The molecule has 1 N–H and O–H groups in total. The van der Waals surface area contributed by atoms with Gasteiger partial charge in [-0.15, -0.1) is 0 Å². The molecule has 2 amide bonds. The second-order valence-electron chi connectivity index (χ2n) is 4.74. The number of hydrogen-bond donors (Lipinski definition) is 1. The van der Waals surface area contributed by atoms with Gasteiger partial charge in [0.25, 0.3) is 0 Å². The predicted octanol–water partition coefficient (Wildman–Crippen LogP) is 1.94. The maximum absolute atomic E-state index is 12.0. The Balaban J connectivity index is 2.78. The van der Waals surface area contributed by atoms with Gasteiger partial charge in [0.2, 0.25) is 0 Å². The molecule has 0 saturated heterocycles. The van der Waals surface area contributed by atoms with Gasteiger partial charge in [0.05, 0.1) is 0 Å². The zero-order chi connectivity index (χ0) is 12.2. The highest BCUT2D eigenvalue weighted by atomic mass is 16.2. The van der Waals surface area contributed by atoms with E-state index in [1.807, 2.05) is 6.92 Å². The van der Waals surface area contributed by atoms with Gasteiger partial charge in [-0.1, -0.05) is 26.2 Å². The highest BCUT2D eigenvalue weighted by molar-refractivity contribution is 5.92. The van der Waals surface area contributed by atoms with Crippen molar-refractivity contribution in [2.24, 2.45) is 0 Å². The van der Waals surface area contributed by atoms with Crippen molar-refractivity contribution in [3.8, 4) is 0 Å². The maximum Gasteiger partial charge on any atom is 0.317 e. The van der Waals surface area contributed by atoms with Crippen LogP contribution in [0.4, 0.5) is 4.79 Å². The van der Waals surface area contributed by atoms with Crippen LogP contribution in [-0.2, 0) is 4.79 Å². The fourth-order valence-corrected chi connectivity index (χ4v) is 2.28. The Morgan fingerprint density at radius 1 is 1.19 bits per heavy atom. The second kappa shape index (κ2) is 5.32. The normalized spacial score (nSPS) is 18.9. The Bertz CT molecular complexity index is 268. The van der Waals surface area contributed by atoms with E-state index < -0.39 is 5.54 Å². The first-order chi connectivity index (χ1) is 7.52. The third kappa shape index (κ3) is 2.74. The zero-order valence-electron chi connectivity index (χ0n) is 10.5. The molecule has 0 atom stereocenters. The van der Waals surface area contributed by atoms with E-state index in [-0.39, 0.29) is 11.8 Å². The van der Waals surface area contributed by atoms with Crippen LogP contribution < -0.4 is 5.32 Å². The number of amides is 2. The quantitative estimate of drug-likeness (QED) is 0.799. The predicted molar refractivity (Wildman–Crippen MR) is 63.3 cm³/mol. The first-order valence-corrected chi connectivity index (χ1v) is 6.04. The summed E-state index contributed by atoms with van der Waals surface area (Å²) in [4.78, 5) is 25.2. The highest BCUT2D eigenvalue weighted by Crippen LogP contribution is 2.30. The number of carbonyl (C=O) groups is 2. The molecule has 4 nitrogen and oxygen atoms in total. The monoisotopic (exact) mass is 226 g/mol. The van der Waals surface area contributed by atoms with Gasteiger partial charge in [-0.05, 0) is 12.8 Å². The number of Topliss-reactive ketones (excluding diaryl/α,β-unsaturated/α-hetero) is 1. The summed E-state index contributed by atoms with van der Waals surface area (Å²) in [6.45, 7) is 1.86. The molecule has 0 aromatic rings. The molecule has 0 radical (unpaired) electrons. The molecule has 1 rings (SSSR count). The van der Waals surface area contributed by atoms with Crippen LogP contribution in [0.2, 0.25) is 0 Å². The second-order valence-corrected chi connectivity index (χ2v) is 4.74. The van der Waals surface area contributed by atoms with Gasteiger partial charge < -0.3 is 10.2 Å². The molecule has 0 spiro atoms. The average molecular weight is 226 g/mol. The van der Waals surface area contributed by atoms with Crippen LogP contribution >= 0.6 is 0 Å². The minimum atomic E-state index is -0.589. The van der Waals surface area contributed by atoms with Gasteiger partial charge >= 0.3 is 6.03 Å². The van der Waals surface area contributed by atoms with E-state index in [2.05, 4.69) is 5.32 Å². The van der Waals surface area contributed by atoms with Gasteiger partial charge in [0.15, 0.2) is 5.78 Å². The number of rotatable bonds is 3. The third-order valence-corrected chi connectivity index (χ3v) is 3.31. The van der Waals surface area contributed by atoms with E-state index >= 15 is 0 Å². The molecule has 1 aliphatic rings. The molecule has 1 aliphatic carbocycles. The first-order valence-electron chi connectivity index (χ1n) is 6.04. The van der Waals surface area contributed by atoms with Crippen molar-refractivity contribution in [1.29, 1.82) is 0 Å². The summed E-state index contributed by atoms with van der Waals surface area (Å²) in [5.41, 5.74) is -0.589. The molecule has 1 fully saturated rings. The highest BCUT2D eigenvalue weighted by Gasteiger charge is 2.39. The standard InChI is InChI=1S/C12H22N2O2/c1-4-10(15)12(8-6-5-7-9-12)13-11(16)14(2)3/h4-9H2,1-3H3,(H,13,16). The van der Waals surface area contributed by atoms with Crippen molar-refractivity contribution in [3.63, 3.8) is 0 Å². The van der Waals surface area contributed by atoms with Crippen molar-refractivity contribution in [2.75, 3.05) is 14.1 Å². The lowest BCUT2D eigenvalue weighted by atomic mass is 9.78. The van der Waals surface area contributed by atoms with Gasteiger partial charge in [-0.2, -0.15) is 0 Å². The molecule has 4 heteroatoms. The van der Waals surface area contributed by atoms with E-state index in [4.69, 9.17) is 0 Å². The minimum Gasteiger partial charge on any atom is -0.331 e. The lowest BCUT2D eigenvalue weighted by Gasteiger charge is -2.37. The zero-order valence-corrected chi connectivity index (χ0v) is 10.5. The fourth-order valence-electron chi connectivity index (χ4n) is 2.28. The van der Waals surface area contributed by atoms with Crippen LogP contribution in [0.1, 0.15) is 45.4 Å². The summed E-state index contributed by atoms with van der Waals surface area (Å²) in [6, 6.07) is -0.163. The topological polar surface area (TPSA) is 49.4 Å². The number of carbonyl (C=O) groups excluding carboxylic acids is 2. The molecule has 0 bridgehead atoms. The van der Waals surface area contributed by atoms with Crippen molar-refractivity contribution < 1.29 is 9.59 Å². The van der Waals surface area contributed by atoms with Crippen LogP contribution in [0.3, 0.4) is 0 Å². The number of nitrogens with one attached hydrogen (secondary N) is 1. The molecule has 0 unspecified atom stereocenters. The molecule has 1 saturated carbocycles. The van der Waals surface area contributed by atoms with E-state index in [9.17, 15) is 9.59 Å². The Labute approximate surface area is 97.4 Å². The summed E-state index contributed by atoms with van der Waals surface area (Å²) in [7, 11) is 3.39.